The van der Waals surface area contributed by atoms with Crippen molar-refractivity contribution in [3.63, 3.8) is 0 Å². The number of ether oxygens (including phenoxy) is 1. The van der Waals surface area contributed by atoms with Gasteiger partial charge in [0.05, 0.1) is 12.5 Å². The zero-order chi connectivity index (χ0) is 11.0. The van der Waals surface area contributed by atoms with Crippen LogP contribution in [0.3, 0.4) is 0 Å². The summed E-state index contributed by atoms with van der Waals surface area (Å²) in [6, 6.07) is 4.82. The number of hydrogen-bond acceptors (Lipinski definition) is 3. The Hall–Kier alpha value is -1.19. The normalized spacial score (nSPS) is 10.6. The van der Waals surface area contributed by atoms with Crippen molar-refractivity contribution >= 4 is 34.2 Å². The molecule has 0 aliphatic carbocycles. The molecule has 0 fully saturated rings. The fourth-order valence-electron chi connectivity index (χ4n) is 1.25. The number of benzene rings is 1. The molecule has 2 aromatic rings. The predicted molar refractivity (Wildman–Crippen MR) is 59.1 cm³/mol. The van der Waals surface area contributed by atoms with Crippen molar-refractivity contribution in [1.82, 2.24) is 0 Å². The van der Waals surface area contributed by atoms with Crippen molar-refractivity contribution in [2.24, 2.45) is 0 Å². The number of halogens is 2. The first-order valence-corrected chi connectivity index (χ1v) is 4.85. The van der Waals surface area contributed by atoms with Crippen molar-refractivity contribution in [2.45, 2.75) is 0 Å². The third-order valence-corrected chi connectivity index (χ3v) is 2.71. The molecule has 1 heterocycles. The third kappa shape index (κ3) is 1.68. The molecule has 0 amide bonds. The maximum atomic E-state index is 11.6. The average Bonchev–Trinajstić information content (AvgIpc) is 2.25. The molecule has 0 aliphatic heterocycles. The number of methoxy groups -OCH3 is 1. The number of rotatable bonds is 1. The first-order chi connectivity index (χ1) is 7.13. The van der Waals surface area contributed by atoms with Gasteiger partial charge in [-0.05, 0) is 23.7 Å². The van der Waals surface area contributed by atoms with Crippen LogP contribution in [0, 0.1) is 0 Å². The van der Waals surface area contributed by atoms with Crippen LogP contribution in [-0.2, 0) is 0 Å². The Balaban J connectivity index is 2.86. The van der Waals surface area contributed by atoms with E-state index >= 15 is 0 Å². The lowest BCUT2D eigenvalue weighted by Crippen LogP contribution is -2.02. The molecule has 1 aromatic carbocycles. The van der Waals surface area contributed by atoms with Gasteiger partial charge in [-0.3, -0.25) is 4.79 Å². The highest BCUT2D eigenvalue weighted by Gasteiger charge is 2.10. The van der Waals surface area contributed by atoms with E-state index in [0.29, 0.717) is 16.7 Å². The molecule has 0 aliphatic rings. The van der Waals surface area contributed by atoms with Crippen LogP contribution in [0.1, 0.15) is 0 Å². The van der Waals surface area contributed by atoms with Crippen LogP contribution in [-0.4, -0.2) is 7.11 Å². The molecule has 0 unspecified atom stereocenters. The van der Waals surface area contributed by atoms with Crippen molar-refractivity contribution in [3.05, 3.63) is 38.7 Å². The number of hydrogen-bond donors (Lipinski definition) is 0. The Labute approximate surface area is 95.2 Å². The van der Waals surface area contributed by atoms with Gasteiger partial charge < -0.3 is 9.15 Å². The monoisotopic (exact) mass is 244 g/mol. The first-order valence-electron chi connectivity index (χ1n) is 4.09. The quantitative estimate of drug-likeness (QED) is 0.774. The maximum Gasteiger partial charge on any atom is 0.216 e. The summed E-state index contributed by atoms with van der Waals surface area (Å²) in [5, 5.41) is 0.168. The second-order valence-corrected chi connectivity index (χ2v) is 3.60. The van der Waals surface area contributed by atoms with Gasteiger partial charge >= 0.3 is 0 Å². The van der Waals surface area contributed by atoms with E-state index in [1.54, 1.807) is 18.2 Å². The second-order valence-electron chi connectivity index (χ2n) is 2.88. The summed E-state index contributed by atoms with van der Waals surface area (Å²) in [6.07, 6.45) is 0. The van der Waals surface area contributed by atoms with Gasteiger partial charge in [-0.25, -0.2) is 0 Å². The molecule has 5 heteroatoms. The molecule has 1 aromatic heterocycles. The predicted octanol–water partition coefficient (Wildman–Crippen LogP) is 3.11. The van der Waals surface area contributed by atoms with Crippen molar-refractivity contribution < 1.29 is 9.15 Å². The summed E-state index contributed by atoms with van der Waals surface area (Å²) < 4.78 is 10.2. The Morgan fingerprint density at radius 2 is 2.07 bits per heavy atom. The van der Waals surface area contributed by atoms with E-state index in [0.717, 1.165) is 0 Å². The minimum Gasteiger partial charge on any atom is -0.497 e. The van der Waals surface area contributed by atoms with E-state index in [4.69, 9.17) is 32.4 Å². The summed E-state index contributed by atoms with van der Waals surface area (Å²) in [4.78, 5) is 11.6. The van der Waals surface area contributed by atoms with E-state index in [1.165, 1.54) is 7.11 Å². The number of fused-ring (bicyclic) bond motifs is 1. The standard InChI is InChI=1S/C10H6Cl2O3/c1-14-5-2-3-6-7(4-5)15-10(12)8(11)9(6)13/h2-4H,1H3. The maximum absolute atomic E-state index is 11.6. The fraction of sp³-hybridized carbons (Fsp3) is 0.100. The van der Waals surface area contributed by atoms with Crippen molar-refractivity contribution in [1.29, 1.82) is 0 Å². The molecule has 0 saturated carbocycles. The molecule has 3 nitrogen and oxygen atoms in total. The smallest absolute Gasteiger partial charge is 0.216 e. The summed E-state index contributed by atoms with van der Waals surface area (Å²) >= 11 is 11.3. The molecule has 0 spiro atoms. The van der Waals surface area contributed by atoms with Gasteiger partial charge in [-0.15, -0.1) is 0 Å². The lowest BCUT2D eigenvalue weighted by Gasteiger charge is -2.02. The van der Waals surface area contributed by atoms with E-state index in [9.17, 15) is 4.79 Å². The highest BCUT2D eigenvalue weighted by atomic mass is 35.5. The highest BCUT2D eigenvalue weighted by Crippen LogP contribution is 2.25. The summed E-state index contributed by atoms with van der Waals surface area (Å²) in [7, 11) is 1.52. The summed E-state index contributed by atoms with van der Waals surface area (Å²) in [5.41, 5.74) is 0.0133. The zero-order valence-corrected chi connectivity index (χ0v) is 9.22. The van der Waals surface area contributed by atoms with Gasteiger partial charge in [0.15, 0.2) is 0 Å². The van der Waals surface area contributed by atoms with Crippen LogP contribution < -0.4 is 10.2 Å². The van der Waals surface area contributed by atoms with Gasteiger partial charge in [-0.1, -0.05) is 11.6 Å². The van der Waals surface area contributed by atoms with E-state index < -0.39 is 0 Å². The minimum absolute atomic E-state index is 0.102. The van der Waals surface area contributed by atoms with Crippen molar-refractivity contribution in [3.8, 4) is 5.75 Å². The molecule has 0 radical (unpaired) electrons. The summed E-state index contributed by atoms with van der Waals surface area (Å²) in [5.74, 6) is 0.587. The Morgan fingerprint density at radius 1 is 1.33 bits per heavy atom. The molecule has 0 N–H and O–H groups in total. The van der Waals surface area contributed by atoms with Crippen LogP contribution in [0.2, 0.25) is 10.2 Å². The third-order valence-electron chi connectivity index (χ3n) is 2.00. The van der Waals surface area contributed by atoms with Gasteiger partial charge in [0, 0.05) is 6.07 Å². The molecule has 0 saturated heterocycles. The second kappa shape index (κ2) is 3.76. The van der Waals surface area contributed by atoms with Crippen LogP contribution in [0.25, 0.3) is 11.0 Å². The van der Waals surface area contributed by atoms with Crippen molar-refractivity contribution in [2.75, 3.05) is 7.11 Å². The van der Waals surface area contributed by atoms with Crippen LogP contribution in [0.5, 0.6) is 5.75 Å². The van der Waals surface area contributed by atoms with E-state index in [-0.39, 0.29) is 15.7 Å². The Bertz CT molecular complexity index is 575. The fourth-order valence-corrected chi connectivity index (χ4v) is 1.56. The largest absolute Gasteiger partial charge is 0.497 e. The molecule has 78 valence electrons. The van der Waals surface area contributed by atoms with E-state index in [1.807, 2.05) is 0 Å². The van der Waals surface area contributed by atoms with Crippen LogP contribution in [0.4, 0.5) is 0 Å². The van der Waals surface area contributed by atoms with Crippen LogP contribution in [0.15, 0.2) is 27.4 Å². The molecule has 15 heavy (non-hydrogen) atoms. The van der Waals surface area contributed by atoms with Gasteiger partial charge in [-0.2, -0.15) is 0 Å². The lowest BCUT2D eigenvalue weighted by molar-refractivity contribution is 0.414. The Morgan fingerprint density at radius 3 is 2.73 bits per heavy atom. The lowest BCUT2D eigenvalue weighted by atomic mass is 10.2. The molecular weight excluding hydrogens is 239 g/mol. The van der Waals surface area contributed by atoms with Gasteiger partial charge in [0.2, 0.25) is 10.6 Å². The van der Waals surface area contributed by atoms with Gasteiger partial charge in [0.1, 0.15) is 16.4 Å². The highest BCUT2D eigenvalue weighted by molar-refractivity contribution is 6.41. The molecule has 0 atom stereocenters. The minimum atomic E-state index is -0.342. The molecular formula is C10H6Cl2O3. The van der Waals surface area contributed by atoms with Gasteiger partial charge in [0.25, 0.3) is 0 Å². The Kier molecular flexibility index (Phi) is 2.59. The first kappa shape index (κ1) is 10.3. The molecule has 2 rings (SSSR count). The van der Waals surface area contributed by atoms with Crippen LogP contribution >= 0.6 is 23.2 Å². The van der Waals surface area contributed by atoms with E-state index in [2.05, 4.69) is 0 Å². The molecule has 0 bridgehead atoms. The SMILES string of the molecule is COc1ccc2c(=O)c(Cl)c(Cl)oc2c1. The summed E-state index contributed by atoms with van der Waals surface area (Å²) in [6.45, 7) is 0. The zero-order valence-electron chi connectivity index (χ0n) is 7.71. The topological polar surface area (TPSA) is 39.4 Å². The average molecular weight is 245 g/mol.